The summed E-state index contributed by atoms with van der Waals surface area (Å²) in [5.41, 5.74) is 0.988. The maximum atomic E-state index is 12.4. The van der Waals surface area contributed by atoms with Gasteiger partial charge in [0.25, 0.3) is 0 Å². The number of anilines is 1. The molecule has 0 atom stereocenters. The summed E-state index contributed by atoms with van der Waals surface area (Å²) >= 11 is 0. The lowest BCUT2D eigenvalue weighted by molar-refractivity contribution is 0.234. The van der Waals surface area contributed by atoms with E-state index >= 15 is 0 Å². The number of nitrogens with one attached hydrogen (secondary N) is 1. The van der Waals surface area contributed by atoms with Gasteiger partial charge in [-0.3, -0.25) is 4.90 Å². The molecule has 3 nitrogen and oxygen atoms in total. The van der Waals surface area contributed by atoms with Gasteiger partial charge < -0.3 is 5.32 Å². The number of hydrogen-bond acceptors (Lipinski definition) is 1. The molecule has 104 valence electrons. The van der Waals surface area contributed by atoms with Crippen LogP contribution in [0.5, 0.6) is 0 Å². The highest BCUT2D eigenvalue weighted by atomic mass is 16.2. The Morgan fingerprint density at radius 2 is 1.95 bits per heavy atom. The number of nitrogens with zero attached hydrogens (tertiary/aromatic N) is 1. The van der Waals surface area contributed by atoms with Crippen molar-refractivity contribution in [1.29, 1.82) is 0 Å². The molecule has 0 heterocycles. The standard InChI is InChI=1S/C17H20N2O/c1-2-19(17(20)18-14-9-6-10-14)16-12-5-8-13-7-3-4-11-15(13)16/h3-5,7-8,11-12,14H,2,6,9-10H2,1H3,(H,18,20). The minimum absolute atomic E-state index is 0.0218. The zero-order valence-electron chi connectivity index (χ0n) is 11.8. The van der Waals surface area contributed by atoms with E-state index in [0.29, 0.717) is 12.6 Å². The second-order valence-electron chi connectivity index (χ2n) is 5.32. The Kier molecular flexibility index (Phi) is 3.59. The van der Waals surface area contributed by atoms with Crippen LogP contribution in [-0.4, -0.2) is 18.6 Å². The Morgan fingerprint density at radius 1 is 1.20 bits per heavy atom. The maximum absolute atomic E-state index is 12.4. The molecule has 0 radical (unpaired) electrons. The van der Waals surface area contributed by atoms with Crippen molar-refractivity contribution in [2.75, 3.05) is 11.4 Å². The van der Waals surface area contributed by atoms with Gasteiger partial charge in [0.1, 0.15) is 0 Å². The van der Waals surface area contributed by atoms with Crippen LogP contribution in [0, 0.1) is 0 Å². The van der Waals surface area contributed by atoms with E-state index in [1.165, 1.54) is 11.8 Å². The molecule has 20 heavy (non-hydrogen) atoms. The van der Waals surface area contributed by atoms with E-state index in [9.17, 15) is 4.79 Å². The molecule has 1 saturated carbocycles. The molecular formula is C17H20N2O. The summed E-state index contributed by atoms with van der Waals surface area (Å²) < 4.78 is 0. The highest BCUT2D eigenvalue weighted by Crippen LogP contribution is 2.27. The zero-order valence-corrected chi connectivity index (χ0v) is 11.8. The summed E-state index contributed by atoms with van der Waals surface area (Å²) in [6, 6.07) is 14.7. The van der Waals surface area contributed by atoms with E-state index < -0.39 is 0 Å². The molecule has 1 aliphatic rings. The maximum Gasteiger partial charge on any atom is 0.322 e. The fraction of sp³-hybridized carbons (Fsp3) is 0.353. The molecule has 2 amide bonds. The van der Waals surface area contributed by atoms with Crippen LogP contribution in [0.1, 0.15) is 26.2 Å². The Balaban J connectivity index is 1.92. The van der Waals surface area contributed by atoms with Crippen LogP contribution < -0.4 is 10.2 Å². The summed E-state index contributed by atoms with van der Waals surface area (Å²) in [6.45, 7) is 2.69. The first-order valence-electron chi connectivity index (χ1n) is 7.35. The van der Waals surface area contributed by atoms with Crippen molar-refractivity contribution >= 4 is 22.5 Å². The topological polar surface area (TPSA) is 32.3 Å². The lowest BCUT2D eigenvalue weighted by Crippen LogP contribution is -2.47. The lowest BCUT2D eigenvalue weighted by atomic mass is 9.93. The minimum atomic E-state index is 0.0218. The molecule has 0 saturated heterocycles. The molecule has 2 aromatic rings. The van der Waals surface area contributed by atoms with Gasteiger partial charge in [-0.05, 0) is 37.6 Å². The fourth-order valence-electron chi connectivity index (χ4n) is 2.67. The molecule has 0 aromatic heterocycles. The number of fused-ring (bicyclic) bond motifs is 1. The van der Waals surface area contributed by atoms with Crippen molar-refractivity contribution < 1.29 is 4.79 Å². The van der Waals surface area contributed by atoms with Gasteiger partial charge in [-0.25, -0.2) is 4.79 Å². The molecule has 1 aliphatic carbocycles. The lowest BCUT2D eigenvalue weighted by Gasteiger charge is -2.30. The number of benzene rings is 2. The Morgan fingerprint density at radius 3 is 2.65 bits per heavy atom. The largest absolute Gasteiger partial charge is 0.335 e. The number of hydrogen-bond donors (Lipinski definition) is 1. The first-order chi connectivity index (χ1) is 9.79. The van der Waals surface area contributed by atoms with E-state index in [2.05, 4.69) is 23.5 Å². The molecule has 3 rings (SSSR count). The van der Waals surface area contributed by atoms with Crippen LogP contribution in [0.3, 0.4) is 0 Å². The molecule has 0 bridgehead atoms. The van der Waals surface area contributed by atoms with Crippen molar-refractivity contribution in [3.8, 4) is 0 Å². The number of urea groups is 1. The summed E-state index contributed by atoms with van der Waals surface area (Å²) in [7, 11) is 0. The van der Waals surface area contributed by atoms with Gasteiger partial charge in [0.15, 0.2) is 0 Å². The van der Waals surface area contributed by atoms with Crippen molar-refractivity contribution in [3.05, 3.63) is 42.5 Å². The van der Waals surface area contributed by atoms with Gasteiger partial charge >= 0.3 is 6.03 Å². The molecule has 0 aliphatic heterocycles. The molecule has 2 aromatic carbocycles. The average Bonchev–Trinajstić information content (AvgIpc) is 2.44. The monoisotopic (exact) mass is 268 g/mol. The van der Waals surface area contributed by atoms with Gasteiger partial charge in [-0.15, -0.1) is 0 Å². The fourth-order valence-corrected chi connectivity index (χ4v) is 2.67. The third-order valence-corrected chi connectivity index (χ3v) is 4.05. The first-order valence-corrected chi connectivity index (χ1v) is 7.35. The van der Waals surface area contributed by atoms with Crippen LogP contribution in [0.25, 0.3) is 10.8 Å². The zero-order chi connectivity index (χ0) is 13.9. The van der Waals surface area contributed by atoms with E-state index in [-0.39, 0.29) is 6.03 Å². The first kappa shape index (κ1) is 13.0. The third kappa shape index (κ3) is 2.36. The van der Waals surface area contributed by atoms with E-state index in [1.54, 1.807) is 0 Å². The highest BCUT2D eigenvalue weighted by Gasteiger charge is 2.23. The van der Waals surface area contributed by atoms with Gasteiger partial charge in [0.2, 0.25) is 0 Å². The Labute approximate surface area is 119 Å². The van der Waals surface area contributed by atoms with Gasteiger partial charge in [-0.1, -0.05) is 36.4 Å². The molecule has 0 spiro atoms. The third-order valence-electron chi connectivity index (χ3n) is 4.05. The van der Waals surface area contributed by atoms with E-state index in [0.717, 1.165) is 23.9 Å². The van der Waals surface area contributed by atoms with Crippen molar-refractivity contribution in [2.45, 2.75) is 32.2 Å². The van der Waals surface area contributed by atoms with Crippen LogP contribution in [0.4, 0.5) is 10.5 Å². The minimum Gasteiger partial charge on any atom is -0.335 e. The summed E-state index contributed by atoms with van der Waals surface area (Å²) in [5, 5.41) is 5.41. The molecule has 1 N–H and O–H groups in total. The average molecular weight is 268 g/mol. The summed E-state index contributed by atoms with van der Waals surface area (Å²) in [6.07, 6.45) is 3.45. The summed E-state index contributed by atoms with van der Waals surface area (Å²) in [5.74, 6) is 0. The van der Waals surface area contributed by atoms with Gasteiger partial charge in [0.05, 0.1) is 5.69 Å². The second kappa shape index (κ2) is 5.53. The summed E-state index contributed by atoms with van der Waals surface area (Å²) in [4.78, 5) is 14.3. The second-order valence-corrected chi connectivity index (χ2v) is 5.32. The molecule has 3 heteroatoms. The van der Waals surface area contributed by atoms with Gasteiger partial charge in [0, 0.05) is 18.0 Å². The van der Waals surface area contributed by atoms with Crippen LogP contribution in [-0.2, 0) is 0 Å². The van der Waals surface area contributed by atoms with E-state index in [4.69, 9.17) is 0 Å². The SMILES string of the molecule is CCN(C(=O)NC1CCC1)c1cccc2ccccc12. The van der Waals surface area contributed by atoms with Gasteiger partial charge in [-0.2, -0.15) is 0 Å². The van der Waals surface area contributed by atoms with Crippen molar-refractivity contribution in [1.82, 2.24) is 5.32 Å². The van der Waals surface area contributed by atoms with Crippen LogP contribution in [0.2, 0.25) is 0 Å². The number of carbonyl (C=O) groups excluding carboxylic acids is 1. The van der Waals surface area contributed by atoms with Crippen LogP contribution in [0.15, 0.2) is 42.5 Å². The molecular weight excluding hydrogens is 248 g/mol. The molecule has 1 fully saturated rings. The Bertz CT molecular complexity index is 614. The number of amides is 2. The Hall–Kier alpha value is -2.03. The van der Waals surface area contributed by atoms with Crippen molar-refractivity contribution in [3.63, 3.8) is 0 Å². The predicted octanol–water partition coefficient (Wildman–Crippen LogP) is 3.93. The van der Waals surface area contributed by atoms with Crippen LogP contribution >= 0.6 is 0 Å². The normalized spacial score (nSPS) is 14.8. The number of rotatable bonds is 3. The predicted molar refractivity (Wildman–Crippen MR) is 83.1 cm³/mol. The highest BCUT2D eigenvalue weighted by molar-refractivity contribution is 6.03. The molecule has 0 unspecified atom stereocenters. The quantitative estimate of drug-likeness (QED) is 0.898. The van der Waals surface area contributed by atoms with E-state index in [1.807, 2.05) is 36.1 Å². The smallest absolute Gasteiger partial charge is 0.322 e. The number of carbonyl (C=O) groups is 1. The van der Waals surface area contributed by atoms with Crippen molar-refractivity contribution in [2.24, 2.45) is 0 Å².